The number of benzodiazepines with no additional fused rings is 1. The fraction of sp³-hybridized carbons (Fsp3) is 0.357. The van der Waals surface area contributed by atoms with Crippen molar-refractivity contribution in [1.29, 1.82) is 0 Å². The van der Waals surface area contributed by atoms with Gasteiger partial charge in [-0.3, -0.25) is 4.99 Å². The average Bonchev–Trinajstić information content (AvgIpc) is 2.56. The summed E-state index contributed by atoms with van der Waals surface area (Å²) in [5.41, 5.74) is 9.92. The third-order valence-electron chi connectivity index (χ3n) is 2.76. The number of hydrogen-bond donors (Lipinski definition) is 1. The highest BCUT2D eigenvalue weighted by molar-refractivity contribution is 15.0. The Hall–Kier alpha value is -0.150. The van der Waals surface area contributed by atoms with Gasteiger partial charge in [-0.1, -0.05) is 38.6 Å². The predicted octanol–water partition coefficient (Wildman–Crippen LogP) is 4.54. The largest absolute Gasteiger partial charge is 0.345 e. The van der Waals surface area contributed by atoms with Crippen LogP contribution in [0.25, 0.3) is 0 Å². The van der Waals surface area contributed by atoms with Crippen LogP contribution in [0, 0.1) is 0 Å². The molecular weight excluding hydrogens is 464 g/mol. The van der Waals surface area contributed by atoms with Gasteiger partial charge in [-0.2, -0.15) is 0 Å². The Kier molecular flexibility index (Phi) is 9.63. The number of benzene rings is 1. The number of para-hydroxylation sites is 1. The molecule has 5 heteroatoms. The molecule has 1 aliphatic heterocycles. The lowest BCUT2D eigenvalue weighted by Crippen LogP contribution is -2.29. The molecule has 0 radical (unpaired) electrons. The first-order valence-corrected chi connectivity index (χ1v) is 12.4. The zero-order valence-electron chi connectivity index (χ0n) is 11.8. The Morgan fingerprint density at radius 3 is 2.37 bits per heavy atom. The average molecular weight is 485 g/mol. The van der Waals surface area contributed by atoms with Crippen LogP contribution in [0.15, 0.2) is 41.5 Å². The van der Waals surface area contributed by atoms with E-state index in [2.05, 4.69) is 60.9 Å². The maximum absolute atomic E-state index is 5.91. The van der Waals surface area contributed by atoms with Gasteiger partial charge in [-0.05, 0) is 13.0 Å². The molecule has 2 rings (SSSR count). The second kappa shape index (κ2) is 9.71. The molecule has 2 N–H and O–H groups in total. The molecule has 1 aromatic rings. The normalized spacial score (nSPS) is 17.0. The number of nitrogens with two attached hydrogens (primary N) is 1. The van der Waals surface area contributed by atoms with Crippen molar-refractivity contribution in [1.82, 2.24) is 0 Å². The summed E-state index contributed by atoms with van der Waals surface area (Å²) in [6, 6.07) is 8.12. The SMILES string of the molecule is C=C1C(N)N=C(C)c2ccccc2N1C.CC.II. The molecule has 0 aromatic heterocycles. The van der Waals surface area contributed by atoms with E-state index in [-0.39, 0.29) is 6.17 Å². The minimum atomic E-state index is -0.345. The Morgan fingerprint density at radius 2 is 1.79 bits per heavy atom. The monoisotopic (exact) mass is 485 g/mol. The molecule has 0 saturated heterocycles. The number of aliphatic imine (C=N–C) groups is 1. The van der Waals surface area contributed by atoms with E-state index in [4.69, 9.17) is 5.73 Å². The Balaban J connectivity index is 0.000000741. The molecule has 1 atom stereocenters. The van der Waals surface area contributed by atoms with E-state index in [1.54, 1.807) is 0 Å². The zero-order valence-corrected chi connectivity index (χ0v) is 16.1. The summed E-state index contributed by atoms with van der Waals surface area (Å²) in [4.78, 5) is 6.40. The van der Waals surface area contributed by atoms with Crippen molar-refractivity contribution in [3.63, 3.8) is 0 Å². The highest BCUT2D eigenvalue weighted by atomic mass is 128. The number of hydrogen-bond acceptors (Lipinski definition) is 3. The topological polar surface area (TPSA) is 41.6 Å². The van der Waals surface area contributed by atoms with Gasteiger partial charge in [0.2, 0.25) is 0 Å². The Bertz CT molecular complexity index is 444. The summed E-state index contributed by atoms with van der Waals surface area (Å²) < 4.78 is 0. The van der Waals surface area contributed by atoms with E-state index < -0.39 is 0 Å². The van der Waals surface area contributed by atoms with Gasteiger partial charge in [0.25, 0.3) is 0 Å². The summed E-state index contributed by atoms with van der Waals surface area (Å²) >= 11 is 4.24. The summed E-state index contributed by atoms with van der Waals surface area (Å²) in [6.07, 6.45) is -0.345. The molecule has 1 heterocycles. The van der Waals surface area contributed by atoms with Gasteiger partial charge >= 0.3 is 0 Å². The van der Waals surface area contributed by atoms with E-state index >= 15 is 0 Å². The number of fused-ring (bicyclic) bond motifs is 1. The second-order valence-corrected chi connectivity index (χ2v) is 3.73. The lowest BCUT2D eigenvalue weighted by molar-refractivity contribution is 0.793. The smallest absolute Gasteiger partial charge is 0.137 e. The molecule has 1 aliphatic rings. The van der Waals surface area contributed by atoms with Gasteiger partial charge in [0.1, 0.15) is 6.17 Å². The van der Waals surface area contributed by atoms with Gasteiger partial charge in [0, 0.05) is 66.9 Å². The van der Waals surface area contributed by atoms with Crippen molar-refractivity contribution in [3.05, 3.63) is 42.1 Å². The molecule has 0 amide bonds. The Morgan fingerprint density at radius 1 is 1.26 bits per heavy atom. The lowest BCUT2D eigenvalue weighted by atomic mass is 10.1. The molecule has 19 heavy (non-hydrogen) atoms. The first kappa shape index (κ1) is 18.9. The molecule has 1 aromatic carbocycles. The number of likely N-dealkylation sites (N-methyl/N-ethyl adjacent to an activating group) is 1. The van der Waals surface area contributed by atoms with Gasteiger partial charge in [0.05, 0.1) is 0 Å². The van der Waals surface area contributed by atoms with Crippen LogP contribution >= 0.6 is 37.2 Å². The molecule has 0 spiro atoms. The van der Waals surface area contributed by atoms with Crippen LogP contribution < -0.4 is 10.6 Å². The zero-order chi connectivity index (χ0) is 15.0. The van der Waals surface area contributed by atoms with Crippen molar-refractivity contribution >= 4 is 48.6 Å². The number of rotatable bonds is 0. The van der Waals surface area contributed by atoms with Crippen molar-refractivity contribution in [2.24, 2.45) is 10.7 Å². The molecule has 0 bridgehead atoms. The molecule has 0 fully saturated rings. The second-order valence-electron chi connectivity index (χ2n) is 3.73. The number of halogens is 2. The van der Waals surface area contributed by atoms with Crippen LogP contribution in [0.1, 0.15) is 26.3 Å². The molecule has 106 valence electrons. The van der Waals surface area contributed by atoms with Crippen LogP contribution in [0.4, 0.5) is 5.69 Å². The predicted molar refractivity (Wildman–Crippen MR) is 104 cm³/mol. The van der Waals surface area contributed by atoms with Crippen LogP contribution in [-0.2, 0) is 0 Å². The minimum Gasteiger partial charge on any atom is -0.345 e. The number of nitrogens with zero attached hydrogens (tertiary/aromatic N) is 2. The summed E-state index contributed by atoms with van der Waals surface area (Å²) in [5.74, 6) is 0. The molecule has 1 unspecified atom stereocenters. The molecule has 0 saturated carbocycles. The highest BCUT2D eigenvalue weighted by Crippen LogP contribution is 2.26. The van der Waals surface area contributed by atoms with Crippen LogP contribution in [-0.4, -0.2) is 18.9 Å². The lowest BCUT2D eigenvalue weighted by Gasteiger charge is -2.23. The first-order chi connectivity index (χ1) is 9.11. The van der Waals surface area contributed by atoms with Crippen LogP contribution in [0.2, 0.25) is 0 Å². The van der Waals surface area contributed by atoms with Gasteiger partial charge in [-0.15, -0.1) is 0 Å². The van der Waals surface area contributed by atoms with Crippen molar-refractivity contribution in [2.75, 3.05) is 11.9 Å². The van der Waals surface area contributed by atoms with Crippen LogP contribution in [0.5, 0.6) is 0 Å². The molecular formula is C14H21I2N3. The maximum Gasteiger partial charge on any atom is 0.137 e. The van der Waals surface area contributed by atoms with Gasteiger partial charge < -0.3 is 10.6 Å². The standard InChI is InChI=1S/C12H15N3.C2H6.I2/c1-8-10-6-4-5-7-11(10)15(3)9(2)12(13)14-8;2*1-2/h4-7,12H,2,13H2,1,3H3;1-2H3;. The highest BCUT2D eigenvalue weighted by Gasteiger charge is 2.19. The third kappa shape index (κ3) is 4.71. The number of anilines is 1. The van der Waals surface area contributed by atoms with E-state index in [0.717, 1.165) is 22.7 Å². The fourth-order valence-electron chi connectivity index (χ4n) is 1.78. The van der Waals surface area contributed by atoms with E-state index in [0.29, 0.717) is 0 Å². The summed E-state index contributed by atoms with van der Waals surface area (Å²) in [5, 5.41) is 0. The van der Waals surface area contributed by atoms with Crippen molar-refractivity contribution in [2.45, 2.75) is 26.9 Å². The molecule has 3 nitrogen and oxygen atoms in total. The van der Waals surface area contributed by atoms with Gasteiger partial charge in [0.15, 0.2) is 0 Å². The van der Waals surface area contributed by atoms with E-state index in [9.17, 15) is 0 Å². The fourth-order valence-corrected chi connectivity index (χ4v) is 1.78. The van der Waals surface area contributed by atoms with E-state index in [1.807, 2.05) is 44.9 Å². The van der Waals surface area contributed by atoms with Crippen molar-refractivity contribution < 1.29 is 0 Å². The summed E-state index contributed by atoms with van der Waals surface area (Å²) in [7, 11) is 1.97. The van der Waals surface area contributed by atoms with Gasteiger partial charge in [-0.25, -0.2) is 0 Å². The van der Waals surface area contributed by atoms with E-state index in [1.165, 1.54) is 0 Å². The van der Waals surface area contributed by atoms with Crippen molar-refractivity contribution in [3.8, 4) is 0 Å². The Labute approximate surface area is 139 Å². The quantitative estimate of drug-likeness (QED) is 0.549. The summed E-state index contributed by atoms with van der Waals surface area (Å²) in [6.45, 7) is 9.94. The van der Waals surface area contributed by atoms with Crippen LogP contribution in [0.3, 0.4) is 0 Å². The first-order valence-electron chi connectivity index (χ1n) is 6.07. The third-order valence-corrected chi connectivity index (χ3v) is 2.76. The maximum atomic E-state index is 5.91. The molecule has 0 aliphatic carbocycles. The minimum absolute atomic E-state index is 0.345.